The Morgan fingerprint density at radius 3 is 2.79 bits per heavy atom. The van der Waals surface area contributed by atoms with E-state index in [1.807, 2.05) is 0 Å². The Labute approximate surface area is 119 Å². The van der Waals surface area contributed by atoms with Gasteiger partial charge in [0.25, 0.3) is 0 Å². The number of benzene rings is 1. The SMILES string of the molecule is O=[N+]([O-])c1c(Cl)ncnc1Nc1ccc(F)c(Br)c1. The van der Waals surface area contributed by atoms with E-state index in [1.54, 1.807) is 0 Å². The summed E-state index contributed by atoms with van der Waals surface area (Å²) in [5.41, 5.74) is -0.0178. The maximum Gasteiger partial charge on any atom is 0.348 e. The van der Waals surface area contributed by atoms with Crippen molar-refractivity contribution in [3.63, 3.8) is 0 Å². The maximum absolute atomic E-state index is 13.1. The van der Waals surface area contributed by atoms with Crippen LogP contribution >= 0.6 is 27.5 Å². The van der Waals surface area contributed by atoms with Gasteiger partial charge in [-0.15, -0.1) is 0 Å². The van der Waals surface area contributed by atoms with E-state index in [-0.39, 0.29) is 15.4 Å². The third-order valence-electron chi connectivity index (χ3n) is 2.14. The predicted octanol–water partition coefficient (Wildman–Crippen LogP) is 3.68. The molecule has 0 fully saturated rings. The summed E-state index contributed by atoms with van der Waals surface area (Å²) in [6.45, 7) is 0. The van der Waals surface area contributed by atoms with Crippen molar-refractivity contribution >= 4 is 44.7 Å². The van der Waals surface area contributed by atoms with Crippen molar-refractivity contribution in [3.8, 4) is 0 Å². The predicted molar refractivity (Wildman–Crippen MR) is 71.1 cm³/mol. The zero-order chi connectivity index (χ0) is 14.0. The van der Waals surface area contributed by atoms with Crippen LogP contribution in [0.2, 0.25) is 5.15 Å². The summed E-state index contributed by atoms with van der Waals surface area (Å²) in [5.74, 6) is -0.510. The molecule has 1 aromatic heterocycles. The Morgan fingerprint density at radius 2 is 2.16 bits per heavy atom. The molecule has 0 bridgehead atoms. The third-order valence-corrected chi connectivity index (χ3v) is 3.03. The summed E-state index contributed by atoms with van der Waals surface area (Å²) < 4.78 is 13.3. The highest BCUT2D eigenvalue weighted by atomic mass is 79.9. The number of halogens is 3. The lowest BCUT2D eigenvalue weighted by Crippen LogP contribution is -2.01. The molecule has 2 rings (SSSR count). The van der Waals surface area contributed by atoms with Gasteiger partial charge in [-0.25, -0.2) is 14.4 Å². The Morgan fingerprint density at radius 1 is 1.42 bits per heavy atom. The number of aromatic nitrogens is 2. The average Bonchev–Trinajstić information content (AvgIpc) is 2.33. The fourth-order valence-electron chi connectivity index (χ4n) is 1.32. The van der Waals surface area contributed by atoms with Crippen molar-refractivity contribution in [1.29, 1.82) is 0 Å². The summed E-state index contributed by atoms with van der Waals surface area (Å²) in [7, 11) is 0. The molecule has 6 nitrogen and oxygen atoms in total. The number of nitrogens with zero attached hydrogens (tertiary/aromatic N) is 3. The minimum atomic E-state index is -0.691. The van der Waals surface area contributed by atoms with Gasteiger partial charge in [-0.1, -0.05) is 11.6 Å². The molecule has 0 amide bonds. The molecule has 1 aromatic carbocycles. The van der Waals surface area contributed by atoms with Gasteiger partial charge in [0.2, 0.25) is 11.0 Å². The second kappa shape index (κ2) is 5.45. The van der Waals surface area contributed by atoms with Crippen LogP contribution in [0.5, 0.6) is 0 Å². The number of nitrogens with one attached hydrogen (secondary N) is 1. The van der Waals surface area contributed by atoms with Gasteiger partial charge >= 0.3 is 5.69 Å². The largest absolute Gasteiger partial charge is 0.348 e. The van der Waals surface area contributed by atoms with Gasteiger partial charge < -0.3 is 5.32 Å². The molecule has 0 radical (unpaired) electrons. The molecule has 2 aromatic rings. The highest BCUT2D eigenvalue weighted by Gasteiger charge is 2.21. The van der Waals surface area contributed by atoms with Crippen LogP contribution in [-0.2, 0) is 0 Å². The minimum absolute atomic E-state index is 0.0662. The second-order valence-corrected chi connectivity index (χ2v) is 4.59. The second-order valence-electron chi connectivity index (χ2n) is 3.37. The molecule has 0 saturated heterocycles. The van der Waals surface area contributed by atoms with Crippen molar-refractivity contribution in [2.45, 2.75) is 0 Å². The molecule has 0 spiro atoms. The van der Waals surface area contributed by atoms with Crippen LogP contribution in [0.25, 0.3) is 0 Å². The average molecular weight is 348 g/mol. The molecule has 0 atom stereocenters. The summed E-state index contributed by atoms with van der Waals surface area (Å²) >= 11 is 8.66. The summed E-state index contributed by atoms with van der Waals surface area (Å²) in [4.78, 5) is 17.5. The molecule has 98 valence electrons. The Bertz CT molecular complexity index is 655. The van der Waals surface area contributed by atoms with Crippen molar-refractivity contribution in [3.05, 3.63) is 50.1 Å². The molecule has 0 saturated carbocycles. The molecular formula is C10H5BrClFN4O2. The van der Waals surface area contributed by atoms with Gasteiger partial charge in [-0.3, -0.25) is 10.1 Å². The van der Waals surface area contributed by atoms with Crippen molar-refractivity contribution in [2.24, 2.45) is 0 Å². The number of hydrogen-bond donors (Lipinski definition) is 1. The van der Waals surface area contributed by atoms with Crippen LogP contribution in [0.4, 0.5) is 21.6 Å². The first-order valence-corrected chi connectivity index (χ1v) is 6.03. The first kappa shape index (κ1) is 13.6. The van der Waals surface area contributed by atoms with E-state index in [0.717, 1.165) is 6.33 Å². The van der Waals surface area contributed by atoms with Gasteiger partial charge in [0.15, 0.2) is 0 Å². The topological polar surface area (TPSA) is 81.0 Å². The van der Waals surface area contributed by atoms with Gasteiger partial charge in [0.1, 0.15) is 12.1 Å². The van der Waals surface area contributed by atoms with E-state index in [0.29, 0.717) is 5.69 Å². The van der Waals surface area contributed by atoms with Crippen LogP contribution in [0.15, 0.2) is 29.0 Å². The Balaban J connectivity index is 2.40. The Kier molecular flexibility index (Phi) is 3.91. The fourth-order valence-corrected chi connectivity index (χ4v) is 1.90. The zero-order valence-electron chi connectivity index (χ0n) is 9.10. The van der Waals surface area contributed by atoms with Crippen LogP contribution in [0, 0.1) is 15.9 Å². The van der Waals surface area contributed by atoms with Gasteiger partial charge in [0, 0.05) is 5.69 Å². The van der Waals surface area contributed by atoms with Crippen LogP contribution < -0.4 is 5.32 Å². The summed E-state index contributed by atoms with van der Waals surface area (Å²) in [6.07, 6.45) is 1.09. The molecular weight excluding hydrogens is 342 g/mol. The quantitative estimate of drug-likeness (QED) is 0.520. The Hall–Kier alpha value is -1.80. The van der Waals surface area contributed by atoms with Crippen molar-refractivity contribution < 1.29 is 9.31 Å². The van der Waals surface area contributed by atoms with Crippen LogP contribution in [0.3, 0.4) is 0 Å². The van der Waals surface area contributed by atoms with E-state index in [1.165, 1.54) is 18.2 Å². The van der Waals surface area contributed by atoms with Gasteiger partial charge in [-0.2, -0.15) is 0 Å². The molecule has 1 N–H and O–H groups in total. The first-order chi connectivity index (χ1) is 8.99. The molecule has 0 aliphatic heterocycles. The first-order valence-electron chi connectivity index (χ1n) is 4.86. The van der Waals surface area contributed by atoms with Crippen LogP contribution in [0.1, 0.15) is 0 Å². The molecule has 0 aliphatic carbocycles. The zero-order valence-corrected chi connectivity index (χ0v) is 11.4. The van der Waals surface area contributed by atoms with Crippen molar-refractivity contribution in [2.75, 3.05) is 5.32 Å². The minimum Gasteiger partial charge on any atom is -0.334 e. The lowest BCUT2D eigenvalue weighted by Gasteiger charge is -2.07. The van der Waals surface area contributed by atoms with E-state index in [2.05, 4.69) is 31.2 Å². The van der Waals surface area contributed by atoms with E-state index >= 15 is 0 Å². The normalized spacial score (nSPS) is 10.3. The maximum atomic E-state index is 13.1. The fraction of sp³-hybridized carbons (Fsp3) is 0. The van der Waals surface area contributed by atoms with Gasteiger partial charge in [0.05, 0.1) is 9.40 Å². The van der Waals surface area contributed by atoms with Crippen LogP contribution in [-0.4, -0.2) is 14.9 Å². The number of hydrogen-bond acceptors (Lipinski definition) is 5. The standard InChI is InChI=1S/C10H5BrClFN4O2/c11-6-3-5(1-2-7(6)13)16-10-8(17(18)19)9(12)14-4-15-10/h1-4H,(H,14,15,16). The number of anilines is 2. The number of rotatable bonds is 3. The summed E-state index contributed by atoms with van der Waals surface area (Å²) in [5, 5.41) is 13.3. The van der Waals surface area contributed by atoms with E-state index in [4.69, 9.17) is 11.6 Å². The van der Waals surface area contributed by atoms with E-state index < -0.39 is 16.4 Å². The smallest absolute Gasteiger partial charge is 0.334 e. The molecule has 19 heavy (non-hydrogen) atoms. The molecule has 9 heteroatoms. The molecule has 1 heterocycles. The van der Waals surface area contributed by atoms with E-state index in [9.17, 15) is 14.5 Å². The number of nitro groups is 1. The van der Waals surface area contributed by atoms with Crippen molar-refractivity contribution in [1.82, 2.24) is 9.97 Å². The highest BCUT2D eigenvalue weighted by Crippen LogP contribution is 2.31. The molecule has 0 aliphatic rings. The summed E-state index contributed by atoms with van der Waals surface area (Å²) in [6, 6.07) is 4.05. The monoisotopic (exact) mass is 346 g/mol. The third kappa shape index (κ3) is 2.96. The molecule has 0 unspecified atom stereocenters. The lowest BCUT2D eigenvalue weighted by atomic mass is 10.3. The highest BCUT2D eigenvalue weighted by molar-refractivity contribution is 9.10. The van der Waals surface area contributed by atoms with Gasteiger partial charge in [-0.05, 0) is 34.1 Å². The lowest BCUT2D eigenvalue weighted by molar-refractivity contribution is -0.384.